The largest absolute Gasteiger partial charge is 0.389 e. The van der Waals surface area contributed by atoms with Gasteiger partial charge < -0.3 is 5.11 Å². The lowest BCUT2D eigenvalue weighted by molar-refractivity contribution is -0.385. The minimum absolute atomic E-state index is 0.00297. The third-order valence-corrected chi connectivity index (χ3v) is 5.50. The summed E-state index contributed by atoms with van der Waals surface area (Å²) in [7, 11) is -3.84. The normalized spacial score (nSPS) is 24.0. The van der Waals surface area contributed by atoms with E-state index >= 15 is 0 Å². The molecule has 1 aliphatic rings. The Morgan fingerprint density at radius 3 is 2.67 bits per heavy atom. The SMILES string of the molecule is Cc1ccc(S(=O)(=O)N2CCCC(C)(O)C2)cc1[N+](=O)[O-]. The van der Waals surface area contributed by atoms with Gasteiger partial charge in [-0.2, -0.15) is 4.31 Å². The Balaban J connectivity index is 2.40. The highest BCUT2D eigenvalue weighted by molar-refractivity contribution is 7.89. The molecule has 0 saturated carbocycles. The van der Waals surface area contributed by atoms with Crippen LogP contribution in [0.15, 0.2) is 23.1 Å². The van der Waals surface area contributed by atoms with Crippen LogP contribution >= 0.6 is 0 Å². The van der Waals surface area contributed by atoms with Crippen molar-refractivity contribution in [3.8, 4) is 0 Å². The number of β-amino-alcohol motifs (C(OH)–C–C–N with tert-alkyl or cyclic N) is 1. The summed E-state index contributed by atoms with van der Waals surface area (Å²) in [4.78, 5) is 10.2. The van der Waals surface area contributed by atoms with Crippen molar-refractivity contribution in [1.82, 2.24) is 4.31 Å². The molecular weight excluding hydrogens is 296 g/mol. The van der Waals surface area contributed by atoms with E-state index in [-0.39, 0.29) is 17.1 Å². The van der Waals surface area contributed by atoms with E-state index in [1.54, 1.807) is 13.8 Å². The quantitative estimate of drug-likeness (QED) is 0.672. The van der Waals surface area contributed by atoms with Crippen LogP contribution < -0.4 is 0 Å². The number of piperidine rings is 1. The van der Waals surface area contributed by atoms with Crippen molar-refractivity contribution >= 4 is 15.7 Å². The van der Waals surface area contributed by atoms with Crippen LogP contribution in [0.25, 0.3) is 0 Å². The molecule has 7 nitrogen and oxygen atoms in total. The highest BCUT2D eigenvalue weighted by Gasteiger charge is 2.36. The molecule has 1 atom stereocenters. The molecule has 1 aliphatic heterocycles. The molecule has 1 N–H and O–H groups in total. The van der Waals surface area contributed by atoms with E-state index in [4.69, 9.17) is 0 Å². The molecule has 1 aromatic carbocycles. The molecule has 1 fully saturated rings. The zero-order chi connectivity index (χ0) is 15.8. The predicted molar refractivity (Wildman–Crippen MR) is 76.5 cm³/mol. The molecule has 0 aliphatic carbocycles. The monoisotopic (exact) mass is 314 g/mol. The second-order valence-corrected chi connectivity index (χ2v) is 7.58. The minimum Gasteiger partial charge on any atom is -0.389 e. The van der Waals surface area contributed by atoms with E-state index in [0.29, 0.717) is 24.9 Å². The summed E-state index contributed by atoms with van der Waals surface area (Å²) in [6.45, 7) is 3.45. The van der Waals surface area contributed by atoms with Crippen LogP contribution in [0, 0.1) is 17.0 Å². The first-order chi connectivity index (χ1) is 9.63. The Hall–Kier alpha value is -1.51. The van der Waals surface area contributed by atoms with Crippen molar-refractivity contribution in [2.24, 2.45) is 0 Å². The van der Waals surface area contributed by atoms with Crippen molar-refractivity contribution in [3.05, 3.63) is 33.9 Å². The molecule has 2 rings (SSSR count). The third-order valence-electron chi connectivity index (χ3n) is 3.65. The molecule has 8 heteroatoms. The molecule has 1 saturated heterocycles. The number of aliphatic hydroxyl groups is 1. The average Bonchev–Trinajstić information content (AvgIpc) is 2.37. The summed E-state index contributed by atoms with van der Waals surface area (Å²) in [5.74, 6) is 0. The average molecular weight is 314 g/mol. The molecular formula is C13H18N2O5S. The first kappa shape index (κ1) is 15.9. The summed E-state index contributed by atoms with van der Waals surface area (Å²) in [5, 5.41) is 21.0. The number of aryl methyl sites for hydroxylation is 1. The van der Waals surface area contributed by atoms with E-state index in [9.17, 15) is 23.6 Å². The van der Waals surface area contributed by atoms with Crippen molar-refractivity contribution in [2.75, 3.05) is 13.1 Å². The fourth-order valence-corrected chi connectivity index (χ4v) is 4.09. The maximum atomic E-state index is 12.6. The van der Waals surface area contributed by atoms with Crippen LogP contribution in [0.2, 0.25) is 0 Å². The smallest absolute Gasteiger partial charge is 0.273 e. The second-order valence-electron chi connectivity index (χ2n) is 5.64. The fraction of sp³-hybridized carbons (Fsp3) is 0.538. The topological polar surface area (TPSA) is 101 Å². The first-order valence-corrected chi connectivity index (χ1v) is 8.05. The van der Waals surface area contributed by atoms with E-state index < -0.39 is 20.5 Å². The lowest BCUT2D eigenvalue weighted by Crippen LogP contribution is -2.48. The van der Waals surface area contributed by atoms with Crippen LogP contribution in [-0.2, 0) is 10.0 Å². The van der Waals surface area contributed by atoms with Crippen LogP contribution in [0.5, 0.6) is 0 Å². The van der Waals surface area contributed by atoms with Gasteiger partial charge in [0.2, 0.25) is 10.0 Å². The van der Waals surface area contributed by atoms with Gasteiger partial charge in [-0.15, -0.1) is 0 Å². The fourth-order valence-electron chi connectivity index (χ4n) is 2.47. The number of nitro groups is 1. The molecule has 0 spiro atoms. The second kappa shape index (κ2) is 5.36. The van der Waals surface area contributed by atoms with E-state index in [1.165, 1.54) is 16.4 Å². The summed E-state index contributed by atoms with van der Waals surface area (Å²) in [6, 6.07) is 3.86. The number of rotatable bonds is 3. The van der Waals surface area contributed by atoms with E-state index in [0.717, 1.165) is 6.07 Å². The highest BCUT2D eigenvalue weighted by atomic mass is 32.2. The first-order valence-electron chi connectivity index (χ1n) is 6.61. The van der Waals surface area contributed by atoms with Crippen LogP contribution in [-0.4, -0.2) is 41.4 Å². The molecule has 0 radical (unpaired) electrons. The van der Waals surface area contributed by atoms with Gasteiger partial charge in [-0.1, -0.05) is 6.07 Å². The standard InChI is InChI=1S/C13H18N2O5S/c1-10-4-5-11(8-12(10)15(17)18)21(19,20)14-7-3-6-13(2,16)9-14/h4-5,8,16H,3,6-7,9H2,1-2H3. The molecule has 1 unspecified atom stereocenters. The van der Waals surface area contributed by atoms with E-state index in [2.05, 4.69) is 0 Å². The molecule has 116 valence electrons. The van der Waals surface area contributed by atoms with E-state index in [1.807, 2.05) is 0 Å². The number of hydrogen-bond donors (Lipinski definition) is 1. The van der Waals surface area contributed by atoms with Gasteiger partial charge in [-0.3, -0.25) is 10.1 Å². The zero-order valence-electron chi connectivity index (χ0n) is 11.9. The molecule has 1 aromatic rings. The summed E-state index contributed by atoms with van der Waals surface area (Å²) < 4.78 is 26.3. The Labute approximate surface area is 123 Å². The predicted octanol–water partition coefficient (Wildman–Crippen LogP) is 1.44. The minimum atomic E-state index is -3.84. The van der Waals surface area contributed by atoms with Gasteiger partial charge in [-0.05, 0) is 32.8 Å². The maximum Gasteiger partial charge on any atom is 0.273 e. The lowest BCUT2D eigenvalue weighted by Gasteiger charge is -2.35. The summed E-state index contributed by atoms with van der Waals surface area (Å²) >= 11 is 0. The Bertz CT molecular complexity index is 669. The van der Waals surface area contributed by atoms with Gasteiger partial charge in [0, 0.05) is 24.7 Å². The zero-order valence-corrected chi connectivity index (χ0v) is 12.8. The van der Waals surface area contributed by atoms with Gasteiger partial charge in [0.1, 0.15) is 0 Å². The molecule has 21 heavy (non-hydrogen) atoms. The van der Waals surface area contributed by atoms with Crippen molar-refractivity contribution in [1.29, 1.82) is 0 Å². The van der Waals surface area contributed by atoms with Gasteiger partial charge in [0.05, 0.1) is 15.4 Å². The van der Waals surface area contributed by atoms with Crippen LogP contribution in [0.1, 0.15) is 25.3 Å². The summed E-state index contributed by atoms with van der Waals surface area (Å²) in [5.41, 5.74) is -0.883. The van der Waals surface area contributed by atoms with Crippen LogP contribution in [0.4, 0.5) is 5.69 Å². The number of nitro benzene ring substituents is 1. The lowest BCUT2D eigenvalue weighted by atomic mass is 9.97. The van der Waals surface area contributed by atoms with Gasteiger partial charge in [-0.25, -0.2) is 8.42 Å². The summed E-state index contributed by atoms with van der Waals surface area (Å²) in [6.07, 6.45) is 1.09. The molecule has 0 bridgehead atoms. The Morgan fingerprint density at radius 2 is 2.10 bits per heavy atom. The molecule has 1 heterocycles. The number of sulfonamides is 1. The van der Waals surface area contributed by atoms with Crippen molar-refractivity contribution in [3.63, 3.8) is 0 Å². The number of hydrogen-bond acceptors (Lipinski definition) is 5. The molecule has 0 aromatic heterocycles. The van der Waals surface area contributed by atoms with Crippen molar-refractivity contribution in [2.45, 2.75) is 37.2 Å². The van der Waals surface area contributed by atoms with Gasteiger partial charge in [0.15, 0.2) is 0 Å². The highest BCUT2D eigenvalue weighted by Crippen LogP contribution is 2.28. The maximum absolute atomic E-state index is 12.6. The molecule has 0 amide bonds. The Kier molecular flexibility index (Phi) is 4.05. The number of benzene rings is 1. The van der Waals surface area contributed by atoms with Gasteiger partial charge >= 0.3 is 0 Å². The van der Waals surface area contributed by atoms with Gasteiger partial charge in [0.25, 0.3) is 5.69 Å². The Morgan fingerprint density at radius 1 is 1.43 bits per heavy atom. The van der Waals surface area contributed by atoms with Crippen molar-refractivity contribution < 1.29 is 18.4 Å². The third kappa shape index (κ3) is 3.22. The van der Waals surface area contributed by atoms with Crippen LogP contribution in [0.3, 0.4) is 0 Å². The number of nitrogens with zero attached hydrogens (tertiary/aromatic N) is 2.